The lowest BCUT2D eigenvalue weighted by molar-refractivity contribution is 0.101. The van der Waals surface area contributed by atoms with Crippen LogP contribution in [0.4, 0.5) is 0 Å². The second-order valence-corrected chi connectivity index (χ2v) is 6.62. The fraction of sp³-hybridized carbons (Fsp3) is 0.304. The van der Waals surface area contributed by atoms with Crippen molar-refractivity contribution in [2.45, 2.75) is 46.0 Å². The van der Waals surface area contributed by atoms with E-state index in [4.69, 9.17) is 0 Å². The van der Waals surface area contributed by atoms with Crippen LogP contribution in [0, 0.1) is 0 Å². The summed E-state index contributed by atoms with van der Waals surface area (Å²) in [6.07, 6.45) is 8.05. The van der Waals surface area contributed by atoms with Gasteiger partial charge in [-0.05, 0) is 48.6 Å². The number of hydrogen-bond donors (Lipinski definition) is 0. The number of fused-ring (bicyclic) bond motifs is 1. The van der Waals surface area contributed by atoms with Gasteiger partial charge in [0.25, 0.3) is 0 Å². The molecule has 0 spiro atoms. The van der Waals surface area contributed by atoms with Crippen LogP contribution < -0.4 is 0 Å². The van der Waals surface area contributed by atoms with Gasteiger partial charge in [-0.15, -0.1) is 0 Å². The molecule has 0 N–H and O–H groups in total. The second kappa shape index (κ2) is 8.06. The van der Waals surface area contributed by atoms with Crippen molar-refractivity contribution in [3.8, 4) is 11.1 Å². The summed E-state index contributed by atoms with van der Waals surface area (Å²) in [5.41, 5.74) is 5.17. The van der Waals surface area contributed by atoms with Gasteiger partial charge in [0.15, 0.2) is 5.78 Å². The van der Waals surface area contributed by atoms with E-state index in [0.717, 1.165) is 22.9 Å². The van der Waals surface area contributed by atoms with Crippen LogP contribution in [0.5, 0.6) is 0 Å². The van der Waals surface area contributed by atoms with Crippen LogP contribution in [0.2, 0.25) is 0 Å². The molecule has 0 aliphatic carbocycles. The molecular formula is C23H25NO. The van der Waals surface area contributed by atoms with Gasteiger partial charge in [0.2, 0.25) is 0 Å². The summed E-state index contributed by atoms with van der Waals surface area (Å²) >= 11 is 0. The van der Waals surface area contributed by atoms with Crippen molar-refractivity contribution >= 4 is 16.7 Å². The Hall–Kier alpha value is -2.48. The van der Waals surface area contributed by atoms with Gasteiger partial charge in [-0.2, -0.15) is 0 Å². The number of hydrogen-bond acceptors (Lipinski definition) is 2. The number of rotatable bonds is 7. The lowest BCUT2D eigenvalue weighted by atomic mass is 9.95. The van der Waals surface area contributed by atoms with E-state index in [0.29, 0.717) is 5.56 Å². The summed E-state index contributed by atoms with van der Waals surface area (Å²) in [6.45, 7) is 3.84. The maximum absolute atomic E-state index is 11.9. The number of aryl methyl sites for hydroxylation is 1. The fourth-order valence-electron chi connectivity index (χ4n) is 3.32. The first-order chi connectivity index (χ1) is 12.2. The summed E-state index contributed by atoms with van der Waals surface area (Å²) < 4.78 is 0. The summed E-state index contributed by atoms with van der Waals surface area (Å²) in [4.78, 5) is 16.3. The van der Waals surface area contributed by atoms with Gasteiger partial charge in [0.1, 0.15) is 0 Å². The van der Waals surface area contributed by atoms with Crippen LogP contribution >= 0.6 is 0 Å². The SMILES string of the molecule is CCCCCCc1ccc(-c2ccc(C(C)=O)c3ncccc23)cc1. The van der Waals surface area contributed by atoms with E-state index in [-0.39, 0.29) is 5.78 Å². The number of pyridine rings is 1. The Labute approximate surface area is 149 Å². The first kappa shape index (κ1) is 17.3. The zero-order chi connectivity index (χ0) is 17.6. The van der Waals surface area contributed by atoms with Gasteiger partial charge in [-0.1, -0.05) is 62.6 Å². The maximum atomic E-state index is 11.9. The molecule has 0 saturated carbocycles. The topological polar surface area (TPSA) is 30.0 Å². The molecule has 25 heavy (non-hydrogen) atoms. The first-order valence-electron chi connectivity index (χ1n) is 9.18. The molecule has 0 saturated heterocycles. The molecule has 0 amide bonds. The van der Waals surface area contributed by atoms with E-state index < -0.39 is 0 Å². The maximum Gasteiger partial charge on any atom is 0.161 e. The van der Waals surface area contributed by atoms with Crippen molar-refractivity contribution in [3.63, 3.8) is 0 Å². The molecular weight excluding hydrogens is 306 g/mol. The molecule has 0 radical (unpaired) electrons. The number of carbonyl (C=O) groups excluding carboxylic acids is 1. The average Bonchev–Trinajstić information content (AvgIpc) is 2.65. The van der Waals surface area contributed by atoms with Crippen molar-refractivity contribution in [1.29, 1.82) is 0 Å². The van der Waals surface area contributed by atoms with Crippen LogP contribution in [-0.2, 0) is 6.42 Å². The van der Waals surface area contributed by atoms with E-state index in [1.807, 2.05) is 24.3 Å². The zero-order valence-corrected chi connectivity index (χ0v) is 15.1. The third kappa shape index (κ3) is 3.96. The van der Waals surface area contributed by atoms with Crippen LogP contribution in [0.1, 0.15) is 55.5 Å². The number of aromatic nitrogens is 1. The van der Waals surface area contributed by atoms with E-state index in [1.165, 1.54) is 36.8 Å². The van der Waals surface area contributed by atoms with Gasteiger partial charge in [0, 0.05) is 17.1 Å². The van der Waals surface area contributed by atoms with Crippen LogP contribution in [0.15, 0.2) is 54.7 Å². The van der Waals surface area contributed by atoms with E-state index in [1.54, 1.807) is 13.1 Å². The highest BCUT2D eigenvalue weighted by atomic mass is 16.1. The quantitative estimate of drug-likeness (QED) is 0.379. The normalized spacial score (nSPS) is 11.0. The first-order valence-corrected chi connectivity index (χ1v) is 9.18. The lowest BCUT2D eigenvalue weighted by Crippen LogP contribution is -1.96. The molecule has 1 heterocycles. The highest BCUT2D eigenvalue weighted by Crippen LogP contribution is 2.30. The number of ketones is 1. The van der Waals surface area contributed by atoms with E-state index >= 15 is 0 Å². The van der Waals surface area contributed by atoms with Crippen molar-refractivity contribution in [2.24, 2.45) is 0 Å². The van der Waals surface area contributed by atoms with Gasteiger partial charge in [0.05, 0.1) is 5.52 Å². The molecule has 2 aromatic carbocycles. The van der Waals surface area contributed by atoms with Crippen molar-refractivity contribution in [1.82, 2.24) is 4.98 Å². The Bertz CT molecular complexity index is 865. The number of unbranched alkanes of at least 4 members (excludes halogenated alkanes) is 3. The minimum atomic E-state index is 0.0534. The number of carbonyl (C=O) groups is 1. The Morgan fingerprint density at radius 2 is 1.76 bits per heavy atom. The number of Topliss-reactive ketones (excluding diaryl/α,β-unsaturated/α-hetero) is 1. The fourth-order valence-corrected chi connectivity index (χ4v) is 3.32. The Morgan fingerprint density at radius 1 is 0.960 bits per heavy atom. The largest absolute Gasteiger partial charge is 0.294 e. The third-order valence-electron chi connectivity index (χ3n) is 4.73. The Morgan fingerprint density at radius 3 is 2.48 bits per heavy atom. The standard InChI is InChI=1S/C23H25NO/c1-3-4-5-6-8-18-10-12-19(13-11-18)21-15-14-20(17(2)25)23-22(21)9-7-16-24-23/h7,9-16H,3-6,8H2,1-2H3. The minimum absolute atomic E-state index is 0.0534. The van der Waals surface area contributed by atoms with Gasteiger partial charge < -0.3 is 0 Å². The summed E-state index contributed by atoms with van der Waals surface area (Å²) in [7, 11) is 0. The molecule has 128 valence electrons. The average molecular weight is 331 g/mol. The van der Waals surface area contributed by atoms with Crippen LogP contribution in [0.3, 0.4) is 0 Å². The smallest absolute Gasteiger partial charge is 0.161 e. The van der Waals surface area contributed by atoms with Crippen molar-refractivity contribution < 1.29 is 4.79 Å². The third-order valence-corrected chi connectivity index (χ3v) is 4.73. The number of nitrogens with zero attached hydrogens (tertiary/aromatic N) is 1. The molecule has 0 unspecified atom stereocenters. The van der Waals surface area contributed by atoms with Crippen LogP contribution in [0.25, 0.3) is 22.0 Å². The molecule has 2 heteroatoms. The zero-order valence-electron chi connectivity index (χ0n) is 15.1. The molecule has 3 aromatic rings. The summed E-state index contributed by atoms with van der Waals surface area (Å²) in [5.74, 6) is 0.0534. The molecule has 0 aliphatic heterocycles. The molecule has 3 rings (SSSR count). The second-order valence-electron chi connectivity index (χ2n) is 6.62. The Balaban J connectivity index is 1.89. The minimum Gasteiger partial charge on any atom is -0.294 e. The highest BCUT2D eigenvalue weighted by Gasteiger charge is 2.11. The lowest BCUT2D eigenvalue weighted by Gasteiger charge is -2.10. The highest BCUT2D eigenvalue weighted by molar-refractivity contribution is 6.09. The van der Waals surface area contributed by atoms with Crippen LogP contribution in [-0.4, -0.2) is 10.8 Å². The van der Waals surface area contributed by atoms with Crippen molar-refractivity contribution in [3.05, 3.63) is 65.9 Å². The predicted molar refractivity (Wildman–Crippen MR) is 105 cm³/mol. The van der Waals surface area contributed by atoms with E-state index in [2.05, 4.69) is 36.2 Å². The van der Waals surface area contributed by atoms with Gasteiger partial charge >= 0.3 is 0 Å². The van der Waals surface area contributed by atoms with Gasteiger partial charge in [-0.3, -0.25) is 9.78 Å². The Kier molecular flexibility index (Phi) is 5.60. The molecule has 0 fully saturated rings. The number of benzene rings is 2. The van der Waals surface area contributed by atoms with Crippen molar-refractivity contribution in [2.75, 3.05) is 0 Å². The molecule has 0 aliphatic rings. The van der Waals surface area contributed by atoms with Gasteiger partial charge in [-0.25, -0.2) is 0 Å². The molecule has 2 nitrogen and oxygen atoms in total. The summed E-state index contributed by atoms with van der Waals surface area (Å²) in [6, 6.07) is 16.7. The predicted octanol–water partition coefficient (Wildman–Crippen LogP) is 6.23. The van der Waals surface area contributed by atoms with E-state index in [9.17, 15) is 4.79 Å². The molecule has 0 bridgehead atoms. The molecule has 0 atom stereocenters. The monoisotopic (exact) mass is 331 g/mol. The summed E-state index contributed by atoms with van der Waals surface area (Å²) in [5, 5.41) is 1.03. The molecule has 1 aromatic heterocycles.